The first-order chi connectivity index (χ1) is 9.51. The van der Waals surface area contributed by atoms with Gasteiger partial charge in [-0.05, 0) is 47.9 Å². The fourth-order valence-electron chi connectivity index (χ4n) is 1.93. The van der Waals surface area contributed by atoms with Crippen LogP contribution in [0.5, 0.6) is 5.75 Å². The maximum atomic E-state index is 6.24. The van der Waals surface area contributed by atoms with Crippen molar-refractivity contribution in [2.45, 2.75) is 12.5 Å². The van der Waals surface area contributed by atoms with Crippen molar-refractivity contribution in [2.75, 3.05) is 7.11 Å². The Labute approximate surface area is 137 Å². The molecule has 106 valence electrons. The van der Waals surface area contributed by atoms with Crippen molar-refractivity contribution >= 4 is 39.1 Å². The van der Waals surface area contributed by atoms with Gasteiger partial charge in [0.2, 0.25) is 0 Å². The standard InChI is InChI=1S/C15H14BrCl2NO/c1-20-11-3-4-12(16)10(6-11)8-15(19)9-2-5-13(17)14(18)7-9/h2-7,15H,8,19H2,1H3. The lowest BCUT2D eigenvalue weighted by Gasteiger charge is -2.15. The Bertz CT molecular complexity index is 619. The van der Waals surface area contributed by atoms with Gasteiger partial charge in [0.15, 0.2) is 0 Å². The molecular weight excluding hydrogens is 361 g/mol. The molecular formula is C15H14BrCl2NO. The zero-order valence-electron chi connectivity index (χ0n) is 10.9. The Morgan fingerprint density at radius 3 is 2.55 bits per heavy atom. The first-order valence-corrected chi connectivity index (χ1v) is 7.59. The fourth-order valence-corrected chi connectivity index (χ4v) is 2.65. The number of nitrogens with two attached hydrogens (primary N) is 1. The summed E-state index contributed by atoms with van der Waals surface area (Å²) in [6, 6.07) is 11.1. The van der Waals surface area contributed by atoms with Crippen molar-refractivity contribution in [3.8, 4) is 5.75 Å². The summed E-state index contributed by atoms with van der Waals surface area (Å²) in [5.74, 6) is 0.810. The largest absolute Gasteiger partial charge is 0.497 e. The molecule has 0 aromatic heterocycles. The molecule has 2 aromatic rings. The minimum absolute atomic E-state index is 0.159. The van der Waals surface area contributed by atoms with Crippen molar-refractivity contribution in [1.29, 1.82) is 0 Å². The molecule has 20 heavy (non-hydrogen) atoms. The summed E-state index contributed by atoms with van der Waals surface area (Å²) in [4.78, 5) is 0. The smallest absolute Gasteiger partial charge is 0.119 e. The Kier molecular flexibility index (Phi) is 5.33. The normalized spacial score (nSPS) is 12.2. The van der Waals surface area contributed by atoms with Crippen LogP contribution in [0.1, 0.15) is 17.2 Å². The van der Waals surface area contributed by atoms with Crippen molar-refractivity contribution < 1.29 is 4.74 Å². The Balaban J connectivity index is 2.22. The quantitative estimate of drug-likeness (QED) is 0.816. The molecule has 0 heterocycles. The highest BCUT2D eigenvalue weighted by molar-refractivity contribution is 9.10. The average Bonchev–Trinajstić information content (AvgIpc) is 2.44. The van der Waals surface area contributed by atoms with Crippen LogP contribution in [-0.2, 0) is 6.42 Å². The van der Waals surface area contributed by atoms with Crippen LogP contribution < -0.4 is 10.5 Å². The summed E-state index contributed by atoms with van der Waals surface area (Å²) in [5, 5.41) is 1.05. The van der Waals surface area contributed by atoms with Crippen LogP contribution >= 0.6 is 39.1 Å². The predicted octanol–water partition coefficient (Wildman–Crippen LogP) is 5.01. The van der Waals surface area contributed by atoms with E-state index >= 15 is 0 Å². The zero-order chi connectivity index (χ0) is 14.7. The van der Waals surface area contributed by atoms with Crippen LogP contribution in [0.2, 0.25) is 10.0 Å². The van der Waals surface area contributed by atoms with Gasteiger partial charge in [0.05, 0.1) is 17.2 Å². The molecule has 0 aliphatic carbocycles. The molecule has 2 nitrogen and oxygen atoms in total. The first kappa shape index (κ1) is 15.6. The molecule has 0 bridgehead atoms. The zero-order valence-corrected chi connectivity index (χ0v) is 14.0. The summed E-state index contributed by atoms with van der Waals surface area (Å²) in [7, 11) is 1.64. The molecule has 1 atom stereocenters. The first-order valence-electron chi connectivity index (χ1n) is 6.04. The topological polar surface area (TPSA) is 35.2 Å². The molecule has 0 saturated heterocycles. The number of hydrogen-bond donors (Lipinski definition) is 1. The number of benzene rings is 2. The second-order valence-corrected chi connectivity index (χ2v) is 6.11. The second-order valence-electron chi connectivity index (χ2n) is 4.44. The van der Waals surface area contributed by atoms with E-state index in [1.54, 1.807) is 13.2 Å². The van der Waals surface area contributed by atoms with E-state index in [1.807, 2.05) is 30.3 Å². The van der Waals surface area contributed by atoms with Crippen LogP contribution in [0.3, 0.4) is 0 Å². The third-order valence-corrected chi connectivity index (χ3v) is 4.58. The maximum Gasteiger partial charge on any atom is 0.119 e. The molecule has 0 aliphatic rings. The highest BCUT2D eigenvalue weighted by atomic mass is 79.9. The van der Waals surface area contributed by atoms with Crippen LogP contribution in [0.25, 0.3) is 0 Å². The average molecular weight is 375 g/mol. The van der Waals surface area contributed by atoms with Crippen LogP contribution in [0, 0.1) is 0 Å². The van der Waals surface area contributed by atoms with Gasteiger partial charge >= 0.3 is 0 Å². The Hall–Kier alpha value is -0.740. The van der Waals surface area contributed by atoms with Crippen molar-refractivity contribution in [3.05, 3.63) is 62.0 Å². The number of methoxy groups -OCH3 is 1. The van der Waals surface area contributed by atoms with E-state index in [2.05, 4.69) is 15.9 Å². The molecule has 0 spiro atoms. The van der Waals surface area contributed by atoms with Gasteiger partial charge in [-0.1, -0.05) is 45.2 Å². The summed E-state index contributed by atoms with van der Waals surface area (Å²) in [6.07, 6.45) is 0.676. The molecule has 1 unspecified atom stereocenters. The second kappa shape index (κ2) is 6.81. The molecule has 2 rings (SSSR count). The number of hydrogen-bond acceptors (Lipinski definition) is 2. The summed E-state index contributed by atoms with van der Waals surface area (Å²) < 4.78 is 6.24. The Morgan fingerprint density at radius 2 is 1.90 bits per heavy atom. The van der Waals surface area contributed by atoms with E-state index in [4.69, 9.17) is 33.7 Å². The van der Waals surface area contributed by atoms with Gasteiger partial charge in [-0.25, -0.2) is 0 Å². The minimum atomic E-state index is -0.159. The minimum Gasteiger partial charge on any atom is -0.497 e. The monoisotopic (exact) mass is 373 g/mol. The van der Waals surface area contributed by atoms with Crippen molar-refractivity contribution in [1.82, 2.24) is 0 Å². The molecule has 5 heteroatoms. The lowest BCUT2D eigenvalue weighted by atomic mass is 9.99. The van der Waals surface area contributed by atoms with Gasteiger partial charge in [0.1, 0.15) is 5.75 Å². The van der Waals surface area contributed by atoms with E-state index in [-0.39, 0.29) is 6.04 Å². The van der Waals surface area contributed by atoms with Gasteiger partial charge in [-0.15, -0.1) is 0 Å². The molecule has 0 radical (unpaired) electrons. The third kappa shape index (κ3) is 3.67. The van der Waals surface area contributed by atoms with Crippen molar-refractivity contribution in [2.24, 2.45) is 5.73 Å². The van der Waals surface area contributed by atoms with Gasteiger partial charge in [0, 0.05) is 10.5 Å². The number of rotatable bonds is 4. The summed E-state index contributed by atoms with van der Waals surface area (Å²) in [6.45, 7) is 0. The Morgan fingerprint density at radius 1 is 1.15 bits per heavy atom. The van der Waals surface area contributed by atoms with E-state index in [9.17, 15) is 0 Å². The molecule has 0 amide bonds. The predicted molar refractivity (Wildman–Crippen MR) is 87.8 cm³/mol. The third-order valence-electron chi connectivity index (χ3n) is 3.06. The van der Waals surface area contributed by atoms with E-state index in [1.165, 1.54) is 0 Å². The lowest BCUT2D eigenvalue weighted by Crippen LogP contribution is -2.13. The molecule has 2 aromatic carbocycles. The highest BCUT2D eigenvalue weighted by Crippen LogP contribution is 2.29. The molecule has 0 saturated carbocycles. The summed E-state index contributed by atoms with van der Waals surface area (Å²) >= 11 is 15.5. The van der Waals surface area contributed by atoms with E-state index in [0.29, 0.717) is 16.5 Å². The van der Waals surface area contributed by atoms with Gasteiger partial charge in [0.25, 0.3) is 0 Å². The van der Waals surface area contributed by atoms with Gasteiger partial charge < -0.3 is 10.5 Å². The molecule has 0 aliphatic heterocycles. The van der Waals surface area contributed by atoms with E-state index < -0.39 is 0 Å². The van der Waals surface area contributed by atoms with Crippen LogP contribution in [0.4, 0.5) is 0 Å². The summed E-state index contributed by atoms with van der Waals surface area (Å²) in [5.41, 5.74) is 8.28. The van der Waals surface area contributed by atoms with Gasteiger partial charge in [-0.3, -0.25) is 0 Å². The van der Waals surface area contributed by atoms with Crippen LogP contribution in [-0.4, -0.2) is 7.11 Å². The number of ether oxygens (including phenoxy) is 1. The lowest BCUT2D eigenvalue weighted by molar-refractivity contribution is 0.414. The number of halogens is 3. The van der Waals surface area contributed by atoms with Crippen molar-refractivity contribution in [3.63, 3.8) is 0 Å². The van der Waals surface area contributed by atoms with E-state index in [0.717, 1.165) is 21.3 Å². The van der Waals surface area contributed by atoms with Gasteiger partial charge in [-0.2, -0.15) is 0 Å². The maximum absolute atomic E-state index is 6.24. The van der Waals surface area contributed by atoms with Crippen LogP contribution in [0.15, 0.2) is 40.9 Å². The molecule has 0 fully saturated rings. The molecule has 2 N–H and O–H groups in total. The highest BCUT2D eigenvalue weighted by Gasteiger charge is 2.12. The SMILES string of the molecule is COc1ccc(Br)c(CC(N)c2ccc(Cl)c(Cl)c2)c1. The fraction of sp³-hybridized carbons (Fsp3) is 0.200.